The molecule has 0 radical (unpaired) electrons. The number of rotatable bonds is 2. The summed E-state index contributed by atoms with van der Waals surface area (Å²) < 4.78 is 241. The number of benzene rings is 9. The fourth-order valence-corrected chi connectivity index (χ4v) is 5.76. The highest BCUT2D eigenvalue weighted by atomic mass is 16.3. The molecule has 1 heterocycles. The lowest BCUT2D eigenvalue weighted by molar-refractivity contribution is 0.669. The summed E-state index contributed by atoms with van der Waals surface area (Å²) in [4.78, 5) is 0. The Morgan fingerprint density at radius 3 is 1.62 bits per heavy atom. The molecule has 0 saturated heterocycles. The van der Waals surface area contributed by atoms with Gasteiger partial charge in [-0.15, -0.1) is 0 Å². The van der Waals surface area contributed by atoms with Crippen LogP contribution in [0.1, 0.15) is 35.6 Å². The highest BCUT2D eigenvalue weighted by Crippen LogP contribution is 2.47. The smallest absolute Gasteiger partial charge is 0.136 e. The Kier molecular flexibility index (Phi) is 2.13. The third-order valence-corrected chi connectivity index (χ3v) is 7.64. The molecule has 0 aliphatic rings. The molecule has 1 heteroatoms. The van der Waals surface area contributed by atoms with E-state index in [1.165, 1.54) is 0 Å². The van der Waals surface area contributed by atoms with Gasteiger partial charge in [-0.05, 0) is 100 Å². The number of furan rings is 1. The summed E-state index contributed by atoms with van der Waals surface area (Å²) in [7, 11) is 0. The maximum absolute atomic E-state index is 9.83. The second-order valence-electron chi connectivity index (χ2n) is 10.0. The fourth-order valence-electron chi connectivity index (χ4n) is 5.76. The molecule has 0 aliphatic heterocycles. The maximum Gasteiger partial charge on any atom is 0.136 e. The SMILES string of the molecule is [2H]c1c([2H])c(-c2c3c([2H])c([2H])c([2H])c([2H])c3c(-c3c([2H])c([2H])c4c([2H])c([2H])c5c([2H])c([2H])c([2H])c([2H])c5c4c3[2H])c3c([2H])c([2H])c([2H])c([2H])c23)c2c(oc3c([2H])c4c([2H])c([2H])c([2H])c([2H])c4c([2H])c32)c1[2H]. The quantitative estimate of drug-likeness (QED) is 0.143. The van der Waals surface area contributed by atoms with Crippen molar-refractivity contribution in [3.05, 3.63) is 157 Å². The fraction of sp³-hybridized carbons (Fsp3) is 0. The Balaban J connectivity index is 1.57. The van der Waals surface area contributed by atoms with Crippen LogP contribution in [0.5, 0.6) is 0 Å². The van der Waals surface area contributed by atoms with Crippen molar-refractivity contribution in [2.24, 2.45) is 0 Å². The summed E-state index contributed by atoms with van der Waals surface area (Å²) >= 11 is 0. The van der Waals surface area contributed by atoms with Crippen LogP contribution in [0.15, 0.2) is 162 Å². The van der Waals surface area contributed by atoms with Gasteiger partial charge in [0.2, 0.25) is 0 Å². The molecule has 0 bridgehead atoms. The van der Waals surface area contributed by atoms with E-state index >= 15 is 0 Å². The molecule has 10 aromatic rings. The Morgan fingerprint density at radius 1 is 0.356 bits per heavy atom. The summed E-state index contributed by atoms with van der Waals surface area (Å²) in [5.74, 6) is 0. The minimum absolute atomic E-state index is 0.470. The molecule has 1 aromatic heterocycles. The van der Waals surface area contributed by atoms with Crippen molar-refractivity contribution in [2.45, 2.75) is 0 Å². The van der Waals surface area contributed by atoms with Crippen LogP contribution in [-0.4, -0.2) is 0 Å². The zero-order valence-electron chi connectivity index (χ0n) is 48.4. The minimum Gasteiger partial charge on any atom is -0.456 e. The minimum atomic E-state index is -0.986. The third kappa shape index (κ3) is 3.56. The van der Waals surface area contributed by atoms with Crippen LogP contribution in [0.4, 0.5) is 0 Å². The van der Waals surface area contributed by atoms with Gasteiger partial charge in [0.15, 0.2) is 0 Å². The molecule has 10 rings (SSSR count). The molecule has 45 heavy (non-hydrogen) atoms. The summed E-state index contributed by atoms with van der Waals surface area (Å²) in [5, 5.41) is -7.08. The molecule has 0 atom stereocenters. The normalized spacial score (nSPS) is 20.1. The summed E-state index contributed by atoms with van der Waals surface area (Å²) in [6, 6.07) is -22.7. The Labute approximate surface area is 296 Å². The summed E-state index contributed by atoms with van der Waals surface area (Å²) in [6.45, 7) is 0. The van der Waals surface area contributed by atoms with E-state index in [0.717, 1.165) is 0 Å². The third-order valence-electron chi connectivity index (χ3n) is 7.64. The van der Waals surface area contributed by atoms with Crippen LogP contribution in [0.2, 0.25) is 0 Å². The van der Waals surface area contributed by atoms with E-state index in [9.17, 15) is 13.7 Å². The molecule has 0 saturated carbocycles. The monoisotopic (exact) mass is 596 g/mol. The molecule has 208 valence electrons. The molecule has 0 amide bonds. The van der Waals surface area contributed by atoms with E-state index < -0.39 is 255 Å². The van der Waals surface area contributed by atoms with Gasteiger partial charge in [0.05, 0.1) is 35.6 Å². The molecule has 1 nitrogen and oxygen atoms in total. The van der Waals surface area contributed by atoms with Crippen molar-refractivity contribution in [3.8, 4) is 22.3 Å². The van der Waals surface area contributed by atoms with Gasteiger partial charge in [-0.1, -0.05) is 133 Å². The van der Waals surface area contributed by atoms with Crippen LogP contribution in [-0.2, 0) is 0 Å². The van der Waals surface area contributed by atoms with Crippen molar-refractivity contribution >= 4 is 75.8 Å². The lowest BCUT2D eigenvalue weighted by Gasteiger charge is -2.18. The van der Waals surface area contributed by atoms with Crippen LogP contribution in [0.25, 0.3) is 98.1 Å². The molecular weight excluding hydrogens is 544 g/mol. The van der Waals surface area contributed by atoms with Gasteiger partial charge in [0.1, 0.15) is 11.2 Å². The van der Waals surface area contributed by atoms with Gasteiger partial charge in [-0.25, -0.2) is 0 Å². The molecule has 0 unspecified atom stereocenters. The molecule has 0 spiro atoms. The van der Waals surface area contributed by atoms with Crippen molar-refractivity contribution in [1.29, 1.82) is 0 Å². The maximum atomic E-state index is 9.83. The molecule has 0 aliphatic carbocycles. The van der Waals surface area contributed by atoms with Crippen LogP contribution in [0, 0.1) is 0 Å². The van der Waals surface area contributed by atoms with Gasteiger partial charge in [-0.3, -0.25) is 0 Å². The van der Waals surface area contributed by atoms with Crippen LogP contribution in [0.3, 0.4) is 0 Å². The van der Waals surface area contributed by atoms with Crippen molar-refractivity contribution in [2.75, 3.05) is 0 Å². The van der Waals surface area contributed by atoms with Gasteiger partial charge in [-0.2, -0.15) is 0 Å². The zero-order valence-corrected chi connectivity index (χ0v) is 22.4. The van der Waals surface area contributed by atoms with Crippen molar-refractivity contribution in [3.63, 3.8) is 0 Å². The first-order valence-corrected chi connectivity index (χ1v) is 13.4. The molecule has 9 aromatic carbocycles. The largest absolute Gasteiger partial charge is 0.456 e. The first-order valence-electron chi connectivity index (χ1n) is 26.4. The van der Waals surface area contributed by atoms with Gasteiger partial charge >= 0.3 is 0 Å². The Hall–Kier alpha value is -5.92. The predicted molar refractivity (Wildman–Crippen MR) is 192 cm³/mol. The number of hydrogen-bond acceptors (Lipinski definition) is 1. The Bertz CT molecular complexity index is 4210. The lowest BCUT2D eigenvalue weighted by atomic mass is 9.84. The standard InChI is InChI=1S/C44H26O/c1-2-12-30-26-41-39(24-29(30)11-1)44-37(18-9-19-40(44)45-41)43-35-16-7-5-14-33(35)42(34-15-6-8-17-36(34)43)31-23-22-28-21-20-27-10-3-4-13-32(27)38(28)25-31/h1-26H/i1D,2D,3D,4D,5D,6D,7D,8D,9D,10D,11D,12D,13D,14D,15D,16D,17D,18D,19D,20D,21D,22D,23D,24D,25D,26D. The predicted octanol–water partition coefficient (Wildman–Crippen LogP) is 12.7. The van der Waals surface area contributed by atoms with E-state index in [1.54, 1.807) is 0 Å². The number of fused-ring (bicyclic) bond motifs is 9. The zero-order chi connectivity index (χ0) is 52.1. The van der Waals surface area contributed by atoms with E-state index in [2.05, 4.69) is 0 Å². The highest BCUT2D eigenvalue weighted by molar-refractivity contribution is 6.26. The summed E-state index contributed by atoms with van der Waals surface area (Å²) in [5.41, 5.74) is -4.04. The van der Waals surface area contributed by atoms with E-state index in [0.29, 0.717) is 0 Å². The molecule has 0 fully saturated rings. The molecule has 0 N–H and O–H groups in total. The molecular formula is C44H26O. The first-order chi connectivity index (χ1) is 33.2. The lowest BCUT2D eigenvalue weighted by Crippen LogP contribution is -1.91. The second-order valence-corrected chi connectivity index (χ2v) is 10.0. The van der Waals surface area contributed by atoms with Crippen molar-refractivity contribution in [1.82, 2.24) is 0 Å². The second kappa shape index (κ2) is 9.29. The van der Waals surface area contributed by atoms with Gasteiger partial charge < -0.3 is 4.42 Å². The van der Waals surface area contributed by atoms with Gasteiger partial charge in [0, 0.05) is 10.8 Å². The van der Waals surface area contributed by atoms with Gasteiger partial charge in [0.25, 0.3) is 0 Å². The van der Waals surface area contributed by atoms with Crippen molar-refractivity contribution < 1.29 is 40.1 Å². The highest BCUT2D eigenvalue weighted by Gasteiger charge is 2.20. The van der Waals surface area contributed by atoms with E-state index in [1.807, 2.05) is 0 Å². The number of hydrogen-bond donors (Lipinski definition) is 0. The first kappa shape index (κ1) is 10.3. The van der Waals surface area contributed by atoms with Crippen LogP contribution >= 0.6 is 0 Å². The summed E-state index contributed by atoms with van der Waals surface area (Å²) in [6.07, 6.45) is 0. The Morgan fingerprint density at radius 2 is 0.911 bits per heavy atom. The van der Waals surface area contributed by atoms with E-state index in [-0.39, 0.29) is 0 Å². The van der Waals surface area contributed by atoms with Crippen LogP contribution < -0.4 is 0 Å². The van der Waals surface area contributed by atoms with E-state index in [4.69, 9.17) is 26.3 Å². The topological polar surface area (TPSA) is 13.1 Å². The average molecular weight is 597 g/mol. The average Bonchev–Trinajstić information content (AvgIpc) is 3.74.